The molecule has 0 aromatic carbocycles. The minimum atomic E-state index is -4.67. The summed E-state index contributed by atoms with van der Waals surface area (Å²) in [6, 6.07) is 0. The second-order valence-corrected chi connectivity index (χ2v) is 3.55. The topological polar surface area (TPSA) is 165 Å². The molecule has 0 amide bonds. The third-order valence-electron chi connectivity index (χ3n) is 1.04. The Balaban J connectivity index is 0. The largest absolute Gasteiger partial charge is 0.394 e. The van der Waals surface area contributed by atoms with Crippen LogP contribution in [-0.4, -0.2) is 76.6 Å². The van der Waals surface area contributed by atoms with E-state index in [1.54, 1.807) is 0 Å². The number of hydrogen-bond acceptors (Lipinski definition) is 7. The first-order valence-corrected chi connectivity index (χ1v) is 5.45. The van der Waals surface area contributed by atoms with E-state index in [-0.39, 0.29) is 26.4 Å². The van der Waals surface area contributed by atoms with Crippen LogP contribution in [0.4, 0.5) is 0 Å². The van der Waals surface area contributed by atoms with Gasteiger partial charge in [0.25, 0.3) is 0 Å². The molecule has 2 unspecified atom stereocenters. The molecule has 0 rings (SSSR count). The van der Waals surface area contributed by atoms with E-state index < -0.39 is 22.6 Å². The van der Waals surface area contributed by atoms with E-state index in [0.717, 1.165) is 0 Å². The van der Waals surface area contributed by atoms with E-state index in [9.17, 15) is 0 Å². The molecule has 0 heterocycles. The predicted octanol–water partition coefficient (Wildman–Crippen LogP) is -2.94. The van der Waals surface area contributed by atoms with Gasteiger partial charge in [0, 0.05) is 0 Å². The maximum atomic E-state index is 8.74. The van der Waals surface area contributed by atoms with Gasteiger partial charge in [0.2, 0.25) is 0 Å². The van der Waals surface area contributed by atoms with E-state index in [1.807, 2.05) is 0 Å². The van der Waals surface area contributed by atoms with Crippen LogP contribution in [0.3, 0.4) is 0 Å². The van der Waals surface area contributed by atoms with Crippen molar-refractivity contribution >= 4 is 10.4 Å². The third kappa shape index (κ3) is 23.5. The van der Waals surface area contributed by atoms with Crippen molar-refractivity contribution in [2.24, 2.45) is 0 Å². The quantitative estimate of drug-likeness (QED) is 0.275. The number of hydrogen-bond donors (Lipinski definition) is 6. The number of aliphatic hydroxyl groups is 4. The Bertz CT molecular complexity index is 220. The molecular formula is C6H16O9S. The highest BCUT2D eigenvalue weighted by molar-refractivity contribution is 7.79. The molecule has 0 spiro atoms. The summed E-state index contributed by atoms with van der Waals surface area (Å²) in [4.78, 5) is 0. The summed E-state index contributed by atoms with van der Waals surface area (Å²) in [5.41, 5.74) is 0. The molecule has 0 saturated heterocycles. The van der Waals surface area contributed by atoms with Crippen LogP contribution in [0.5, 0.6) is 0 Å². The Labute approximate surface area is 92.5 Å². The van der Waals surface area contributed by atoms with Crippen LogP contribution < -0.4 is 0 Å². The van der Waals surface area contributed by atoms with E-state index in [1.165, 1.54) is 0 Å². The van der Waals surface area contributed by atoms with E-state index in [2.05, 4.69) is 0 Å². The smallest absolute Gasteiger partial charge is 0.394 e. The van der Waals surface area contributed by atoms with Crippen LogP contribution >= 0.6 is 0 Å². The molecule has 16 heavy (non-hydrogen) atoms. The van der Waals surface area contributed by atoms with Crippen LogP contribution in [0.2, 0.25) is 0 Å². The summed E-state index contributed by atoms with van der Waals surface area (Å²) in [6.45, 7) is -0.800. The fourth-order valence-electron chi connectivity index (χ4n) is 0.446. The van der Waals surface area contributed by atoms with Gasteiger partial charge in [-0.05, 0) is 0 Å². The van der Waals surface area contributed by atoms with Gasteiger partial charge in [-0.3, -0.25) is 9.11 Å². The summed E-state index contributed by atoms with van der Waals surface area (Å²) < 4.78 is 36.3. The highest BCUT2D eigenvalue weighted by Crippen LogP contribution is 1.87. The molecule has 0 fully saturated rings. The van der Waals surface area contributed by atoms with Gasteiger partial charge in [0.05, 0.1) is 26.4 Å². The first-order valence-electron chi connectivity index (χ1n) is 4.06. The summed E-state index contributed by atoms with van der Waals surface area (Å²) in [7, 11) is -4.67. The van der Waals surface area contributed by atoms with Crippen LogP contribution in [0.15, 0.2) is 0 Å². The maximum absolute atomic E-state index is 8.74. The maximum Gasteiger partial charge on any atom is 0.394 e. The molecule has 10 heteroatoms. The monoisotopic (exact) mass is 264 g/mol. The fraction of sp³-hybridized carbons (Fsp3) is 1.00. The molecule has 0 aromatic heterocycles. The zero-order valence-electron chi connectivity index (χ0n) is 8.30. The lowest BCUT2D eigenvalue weighted by Gasteiger charge is -2.10. The summed E-state index contributed by atoms with van der Waals surface area (Å²) in [5, 5.41) is 34.1. The van der Waals surface area contributed by atoms with E-state index in [0.29, 0.717) is 0 Å². The van der Waals surface area contributed by atoms with Crippen molar-refractivity contribution in [3.05, 3.63) is 0 Å². The van der Waals surface area contributed by atoms with Gasteiger partial charge < -0.3 is 25.2 Å². The highest BCUT2D eigenvalue weighted by atomic mass is 32.3. The second kappa shape index (κ2) is 9.86. The Hall–Kier alpha value is -0.330. The molecule has 0 saturated carbocycles. The number of ether oxygens (including phenoxy) is 1. The third-order valence-corrected chi connectivity index (χ3v) is 1.04. The fourth-order valence-corrected chi connectivity index (χ4v) is 0.446. The Morgan fingerprint density at radius 3 is 1.38 bits per heavy atom. The summed E-state index contributed by atoms with van der Waals surface area (Å²) in [6.07, 6.45) is -1.83. The lowest BCUT2D eigenvalue weighted by molar-refractivity contribution is -0.0364. The minimum absolute atomic E-state index is 0.0342. The first-order chi connectivity index (χ1) is 7.20. The SMILES string of the molecule is O=S(=O)(O)O.OCC(O)COCC(O)CO. The zero-order chi connectivity index (χ0) is 13.2. The standard InChI is InChI=1S/C6H14O5.H2O4S/c7-1-5(9)3-11-4-6(10)2-8;1-5(2,3)4/h5-10H,1-4H2;(H2,1,2,3,4). The van der Waals surface area contributed by atoms with Gasteiger partial charge in [-0.2, -0.15) is 8.42 Å². The van der Waals surface area contributed by atoms with Crippen LogP contribution in [-0.2, 0) is 15.1 Å². The Kier molecular flexibility index (Phi) is 11.1. The highest BCUT2D eigenvalue weighted by Gasteiger charge is 2.04. The predicted molar refractivity (Wildman–Crippen MR) is 51.2 cm³/mol. The first kappa shape index (κ1) is 18.0. The van der Waals surface area contributed by atoms with Gasteiger partial charge in [-0.25, -0.2) is 0 Å². The average Bonchev–Trinajstić information content (AvgIpc) is 2.14. The van der Waals surface area contributed by atoms with Crippen molar-refractivity contribution < 1.29 is 42.7 Å². The minimum Gasteiger partial charge on any atom is -0.394 e. The molecule has 9 nitrogen and oxygen atoms in total. The average molecular weight is 264 g/mol. The van der Waals surface area contributed by atoms with E-state index in [4.69, 9.17) is 42.7 Å². The molecule has 0 radical (unpaired) electrons. The Morgan fingerprint density at radius 1 is 0.938 bits per heavy atom. The van der Waals surface area contributed by atoms with Crippen molar-refractivity contribution in [2.45, 2.75) is 12.2 Å². The molecule has 0 aromatic rings. The van der Waals surface area contributed by atoms with E-state index >= 15 is 0 Å². The summed E-state index contributed by atoms with van der Waals surface area (Å²) >= 11 is 0. The molecule has 0 aliphatic rings. The van der Waals surface area contributed by atoms with Crippen molar-refractivity contribution in [3.63, 3.8) is 0 Å². The van der Waals surface area contributed by atoms with Crippen LogP contribution in [0.1, 0.15) is 0 Å². The molecule has 0 aliphatic heterocycles. The van der Waals surface area contributed by atoms with Crippen molar-refractivity contribution in [3.8, 4) is 0 Å². The molecular weight excluding hydrogens is 248 g/mol. The number of rotatable bonds is 6. The second-order valence-electron chi connectivity index (χ2n) is 2.66. The van der Waals surface area contributed by atoms with Gasteiger partial charge in [-0.15, -0.1) is 0 Å². The summed E-state index contributed by atoms with van der Waals surface area (Å²) in [5.74, 6) is 0. The zero-order valence-corrected chi connectivity index (χ0v) is 9.12. The number of aliphatic hydroxyl groups excluding tert-OH is 4. The van der Waals surface area contributed by atoms with Gasteiger partial charge in [0.15, 0.2) is 0 Å². The Morgan fingerprint density at radius 2 is 1.19 bits per heavy atom. The molecule has 0 aliphatic carbocycles. The molecule has 0 bridgehead atoms. The van der Waals surface area contributed by atoms with Gasteiger partial charge in [0.1, 0.15) is 12.2 Å². The van der Waals surface area contributed by atoms with Gasteiger partial charge >= 0.3 is 10.4 Å². The van der Waals surface area contributed by atoms with Gasteiger partial charge in [-0.1, -0.05) is 0 Å². The lowest BCUT2D eigenvalue weighted by Crippen LogP contribution is -2.25. The van der Waals surface area contributed by atoms with Crippen molar-refractivity contribution in [1.29, 1.82) is 0 Å². The lowest BCUT2D eigenvalue weighted by atomic mass is 10.4. The molecule has 100 valence electrons. The van der Waals surface area contributed by atoms with Crippen LogP contribution in [0.25, 0.3) is 0 Å². The van der Waals surface area contributed by atoms with Crippen molar-refractivity contribution in [1.82, 2.24) is 0 Å². The normalized spacial score (nSPS) is 14.9. The molecule has 2 atom stereocenters. The molecule has 6 N–H and O–H groups in total. The van der Waals surface area contributed by atoms with Crippen LogP contribution in [0, 0.1) is 0 Å². The van der Waals surface area contributed by atoms with Crippen molar-refractivity contribution in [2.75, 3.05) is 26.4 Å².